The van der Waals surface area contributed by atoms with Crippen molar-refractivity contribution in [1.29, 1.82) is 0 Å². The van der Waals surface area contributed by atoms with E-state index in [1.165, 1.54) is 26.2 Å². The van der Waals surface area contributed by atoms with Crippen LogP contribution in [0.2, 0.25) is 0 Å². The lowest BCUT2D eigenvalue weighted by Gasteiger charge is -2.16. The van der Waals surface area contributed by atoms with E-state index in [2.05, 4.69) is 19.2 Å². The molecule has 1 N–H and O–H groups in total. The highest BCUT2D eigenvalue weighted by Crippen LogP contribution is 2.27. The van der Waals surface area contributed by atoms with E-state index in [0.29, 0.717) is 11.4 Å². The van der Waals surface area contributed by atoms with Crippen molar-refractivity contribution >= 4 is 21.6 Å². The molecule has 152 valence electrons. The molecule has 0 atom stereocenters. The second-order valence-electron chi connectivity index (χ2n) is 7.30. The number of aryl methyl sites for hydroxylation is 2. The summed E-state index contributed by atoms with van der Waals surface area (Å²) in [4.78, 5) is 12.5. The lowest BCUT2D eigenvalue weighted by molar-refractivity contribution is -0.118. The fourth-order valence-corrected chi connectivity index (χ4v) is 3.61. The number of benzene rings is 2. The van der Waals surface area contributed by atoms with E-state index in [9.17, 15) is 13.2 Å². The number of carbonyl (C=O) groups is 1. The largest absolute Gasteiger partial charge is 0.483 e. The van der Waals surface area contributed by atoms with Gasteiger partial charge in [0.05, 0.1) is 4.90 Å². The van der Waals surface area contributed by atoms with Gasteiger partial charge in [-0.15, -0.1) is 0 Å². The van der Waals surface area contributed by atoms with Crippen molar-refractivity contribution in [2.45, 2.75) is 38.5 Å². The third-order valence-corrected chi connectivity index (χ3v) is 6.22. The SMILES string of the molecule is Cc1ccc(C(C)C)c(OCC(=O)Nc2cc(S(=O)(=O)N(C)C)ccc2C)c1. The second kappa shape index (κ2) is 8.75. The van der Waals surface area contributed by atoms with Gasteiger partial charge in [-0.05, 0) is 54.7 Å². The van der Waals surface area contributed by atoms with Crippen LogP contribution in [0, 0.1) is 13.8 Å². The number of nitrogens with one attached hydrogen (secondary N) is 1. The predicted octanol–water partition coefficient (Wildman–Crippen LogP) is 3.69. The summed E-state index contributed by atoms with van der Waals surface area (Å²) in [5.74, 6) is 0.610. The summed E-state index contributed by atoms with van der Waals surface area (Å²) in [6, 6.07) is 10.6. The minimum atomic E-state index is -3.58. The van der Waals surface area contributed by atoms with Gasteiger partial charge >= 0.3 is 0 Å². The summed E-state index contributed by atoms with van der Waals surface area (Å²) in [6.45, 7) is 7.75. The van der Waals surface area contributed by atoms with Crippen molar-refractivity contribution in [2.75, 3.05) is 26.0 Å². The topological polar surface area (TPSA) is 75.7 Å². The van der Waals surface area contributed by atoms with E-state index >= 15 is 0 Å². The quantitative estimate of drug-likeness (QED) is 0.764. The van der Waals surface area contributed by atoms with Gasteiger partial charge in [0.1, 0.15) is 5.75 Å². The number of amides is 1. The zero-order valence-electron chi connectivity index (χ0n) is 17.2. The van der Waals surface area contributed by atoms with Crippen LogP contribution >= 0.6 is 0 Å². The van der Waals surface area contributed by atoms with Gasteiger partial charge in [-0.2, -0.15) is 0 Å². The maximum absolute atomic E-state index is 12.4. The Labute approximate surface area is 167 Å². The first-order chi connectivity index (χ1) is 13.0. The summed E-state index contributed by atoms with van der Waals surface area (Å²) >= 11 is 0. The van der Waals surface area contributed by atoms with Crippen molar-refractivity contribution in [1.82, 2.24) is 4.31 Å². The number of hydrogen-bond acceptors (Lipinski definition) is 4. The minimum Gasteiger partial charge on any atom is -0.483 e. The molecule has 28 heavy (non-hydrogen) atoms. The summed E-state index contributed by atoms with van der Waals surface area (Å²) in [6.07, 6.45) is 0. The molecule has 7 heteroatoms. The molecule has 0 aliphatic carbocycles. The Morgan fingerprint density at radius 3 is 2.39 bits per heavy atom. The van der Waals surface area contributed by atoms with E-state index in [4.69, 9.17) is 4.74 Å². The highest BCUT2D eigenvalue weighted by molar-refractivity contribution is 7.89. The normalized spacial score (nSPS) is 11.7. The standard InChI is InChI=1S/C21H28N2O4S/c1-14(2)18-10-7-15(3)11-20(18)27-13-21(24)22-19-12-17(9-8-16(19)4)28(25,26)23(5)6/h7-12,14H,13H2,1-6H3,(H,22,24). The zero-order valence-corrected chi connectivity index (χ0v) is 18.1. The highest BCUT2D eigenvalue weighted by Gasteiger charge is 2.19. The number of sulfonamides is 1. The Balaban J connectivity index is 2.15. The fourth-order valence-electron chi connectivity index (χ4n) is 2.68. The monoisotopic (exact) mass is 404 g/mol. The summed E-state index contributed by atoms with van der Waals surface area (Å²) in [7, 11) is -0.641. The maximum atomic E-state index is 12.4. The van der Waals surface area contributed by atoms with Crippen LogP contribution in [0.3, 0.4) is 0 Å². The molecule has 0 saturated heterocycles. The van der Waals surface area contributed by atoms with Gasteiger partial charge in [0.25, 0.3) is 5.91 Å². The van der Waals surface area contributed by atoms with Crippen LogP contribution in [0.25, 0.3) is 0 Å². The van der Waals surface area contributed by atoms with Gasteiger partial charge in [0, 0.05) is 19.8 Å². The Hall–Kier alpha value is -2.38. The van der Waals surface area contributed by atoms with Crippen molar-refractivity contribution in [2.24, 2.45) is 0 Å². The van der Waals surface area contributed by atoms with E-state index < -0.39 is 10.0 Å². The number of hydrogen-bond donors (Lipinski definition) is 1. The summed E-state index contributed by atoms with van der Waals surface area (Å²) in [5, 5.41) is 2.75. The molecule has 0 aromatic heterocycles. The molecule has 0 radical (unpaired) electrons. The van der Waals surface area contributed by atoms with E-state index in [0.717, 1.165) is 21.0 Å². The Kier molecular flexibility index (Phi) is 6.85. The Morgan fingerprint density at radius 1 is 1.11 bits per heavy atom. The highest BCUT2D eigenvalue weighted by atomic mass is 32.2. The lowest BCUT2D eigenvalue weighted by Crippen LogP contribution is -2.23. The molecule has 2 aromatic rings. The first-order valence-corrected chi connectivity index (χ1v) is 10.5. The summed E-state index contributed by atoms with van der Waals surface area (Å²) in [5.41, 5.74) is 3.31. The number of carbonyl (C=O) groups excluding carboxylic acids is 1. The molecule has 0 fully saturated rings. The third kappa shape index (κ3) is 5.11. The molecule has 0 bridgehead atoms. The van der Waals surface area contributed by atoms with Crippen molar-refractivity contribution < 1.29 is 17.9 Å². The van der Waals surface area contributed by atoms with Gasteiger partial charge in [-0.25, -0.2) is 12.7 Å². The van der Waals surface area contributed by atoms with Crippen LogP contribution in [0.4, 0.5) is 5.69 Å². The number of nitrogens with zero attached hydrogens (tertiary/aromatic N) is 1. The first kappa shape index (κ1) is 21.9. The van der Waals surface area contributed by atoms with Gasteiger partial charge in [-0.3, -0.25) is 4.79 Å². The van der Waals surface area contributed by atoms with Crippen molar-refractivity contribution in [3.8, 4) is 5.75 Å². The average Bonchev–Trinajstić information content (AvgIpc) is 2.61. The van der Waals surface area contributed by atoms with Crippen molar-refractivity contribution in [3.05, 3.63) is 53.1 Å². The van der Waals surface area contributed by atoms with Crippen LogP contribution in [0.5, 0.6) is 5.75 Å². The lowest BCUT2D eigenvalue weighted by atomic mass is 10.0. The fraction of sp³-hybridized carbons (Fsp3) is 0.381. The van der Waals surface area contributed by atoms with Crippen LogP contribution in [0.15, 0.2) is 41.3 Å². The second-order valence-corrected chi connectivity index (χ2v) is 9.45. The van der Waals surface area contributed by atoms with Gasteiger partial charge < -0.3 is 10.1 Å². The van der Waals surface area contributed by atoms with Gasteiger partial charge in [0.15, 0.2) is 6.61 Å². The van der Waals surface area contributed by atoms with E-state index in [1.54, 1.807) is 13.0 Å². The first-order valence-electron chi connectivity index (χ1n) is 9.08. The number of ether oxygens (including phenoxy) is 1. The van der Waals surface area contributed by atoms with Crippen LogP contribution < -0.4 is 10.1 Å². The Bertz CT molecular complexity index is 966. The van der Waals surface area contributed by atoms with Crippen molar-refractivity contribution in [3.63, 3.8) is 0 Å². The van der Waals surface area contributed by atoms with Gasteiger partial charge in [-0.1, -0.05) is 32.0 Å². The molecule has 2 aromatic carbocycles. The minimum absolute atomic E-state index is 0.125. The van der Waals surface area contributed by atoms with Gasteiger partial charge in [0.2, 0.25) is 10.0 Å². The van der Waals surface area contributed by atoms with Crippen LogP contribution in [0.1, 0.15) is 36.5 Å². The molecule has 1 amide bonds. The smallest absolute Gasteiger partial charge is 0.262 e. The van der Waals surface area contributed by atoms with Crippen LogP contribution in [-0.2, 0) is 14.8 Å². The molecule has 0 saturated carbocycles. The molecular weight excluding hydrogens is 376 g/mol. The molecule has 0 spiro atoms. The Morgan fingerprint density at radius 2 is 1.79 bits per heavy atom. The molecule has 6 nitrogen and oxygen atoms in total. The predicted molar refractivity (Wildman–Crippen MR) is 111 cm³/mol. The third-order valence-electron chi connectivity index (χ3n) is 4.41. The zero-order chi connectivity index (χ0) is 21.1. The molecule has 0 aliphatic heterocycles. The maximum Gasteiger partial charge on any atom is 0.262 e. The summed E-state index contributed by atoms with van der Waals surface area (Å²) < 4.78 is 31.5. The number of rotatable bonds is 7. The molecule has 2 rings (SSSR count). The average molecular weight is 405 g/mol. The molecule has 0 heterocycles. The molecular formula is C21H28N2O4S. The molecule has 0 unspecified atom stereocenters. The number of anilines is 1. The molecule has 0 aliphatic rings. The van der Waals surface area contributed by atoms with E-state index in [-0.39, 0.29) is 23.3 Å². The van der Waals surface area contributed by atoms with Crippen LogP contribution in [-0.4, -0.2) is 39.3 Å². The van der Waals surface area contributed by atoms with E-state index in [1.807, 2.05) is 25.1 Å².